The Balaban J connectivity index is 1.49. The van der Waals surface area contributed by atoms with Gasteiger partial charge >= 0.3 is 12.2 Å². The number of imide groups is 1. The summed E-state index contributed by atoms with van der Waals surface area (Å²) in [4.78, 5) is 55.3. The summed E-state index contributed by atoms with van der Waals surface area (Å²) < 4.78 is 11.1. The molecule has 0 aromatic carbocycles. The number of hydroxylamine groups is 2. The first-order valence-electron chi connectivity index (χ1n) is 9.32. The van der Waals surface area contributed by atoms with Gasteiger partial charge in [-0.2, -0.15) is 0 Å². The van der Waals surface area contributed by atoms with Crippen LogP contribution in [0.25, 0.3) is 0 Å². The molecule has 154 valence electrons. The maximum Gasteiger partial charge on any atom is 0.434 e. The Labute approximate surface area is 162 Å². The summed E-state index contributed by atoms with van der Waals surface area (Å²) in [5.41, 5.74) is -0.409. The van der Waals surface area contributed by atoms with Crippen molar-refractivity contribution >= 4 is 24.0 Å². The Kier molecular flexibility index (Phi) is 5.87. The van der Waals surface area contributed by atoms with Gasteiger partial charge in [-0.15, -0.1) is 5.06 Å². The molecule has 3 fully saturated rings. The zero-order valence-electron chi connectivity index (χ0n) is 15.9. The first-order chi connectivity index (χ1) is 13.3. The molecule has 0 radical (unpaired) electrons. The molecule has 3 heterocycles. The molecule has 10 heteroatoms. The van der Waals surface area contributed by atoms with Crippen LogP contribution in [0.15, 0.2) is 12.7 Å². The number of likely N-dealkylation sites (tertiary alicyclic amines) is 1. The summed E-state index contributed by atoms with van der Waals surface area (Å²) in [5.74, 6) is -1.000. The molecule has 10 nitrogen and oxygen atoms in total. The van der Waals surface area contributed by atoms with E-state index < -0.39 is 29.6 Å². The predicted molar refractivity (Wildman–Crippen MR) is 94.8 cm³/mol. The largest absolute Gasteiger partial charge is 0.445 e. The van der Waals surface area contributed by atoms with Gasteiger partial charge in [0.25, 0.3) is 11.8 Å². The SMILES string of the molecule is C=CCOC(=O)N(C)C1COC2(CCN(C(=O)ON3C(=O)CCC3=O)CC2)C1. The van der Waals surface area contributed by atoms with Gasteiger partial charge in [0.1, 0.15) is 6.61 Å². The van der Waals surface area contributed by atoms with Crippen molar-refractivity contribution in [2.75, 3.05) is 33.4 Å². The van der Waals surface area contributed by atoms with Crippen molar-refractivity contribution < 1.29 is 33.5 Å². The van der Waals surface area contributed by atoms with Crippen molar-refractivity contribution in [3.63, 3.8) is 0 Å². The number of likely N-dealkylation sites (N-methyl/N-ethyl adjacent to an activating group) is 1. The number of carbonyl (C=O) groups is 4. The molecule has 0 saturated carbocycles. The molecule has 0 bridgehead atoms. The van der Waals surface area contributed by atoms with Gasteiger partial charge in [-0.1, -0.05) is 12.7 Å². The van der Waals surface area contributed by atoms with E-state index in [4.69, 9.17) is 14.3 Å². The Hall–Kier alpha value is -2.62. The van der Waals surface area contributed by atoms with Crippen LogP contribution >= 0.6 is 0 Å². The smallest absolute Gasteiger partial charge is 0.434 e. The molecule has 3 rings (SSSR count). The topological polar surface area (TPSA) is 106 Å². The lowest BCUT2D eigenvalue weighted by Gasteiger charge is -2.38. The maximum absolute atomic E-state index is 12.3. The highest BCUT2D eigenvalue weighted by Crippen LogP contribution is 2.37. The molecular formula is C18H25N3O7. The number of rotatable bonds is 4. The molecule has 3 aliphatic rings. The monoisotopic (exact) mass is 395 g/mol. The van der Waals surface area contributed by atoms with Crippen LogP contribution in [-0.2, 0) is 23.9 Å². The van der Waals surface area contributed by atoms with E-state index in [9.17, 15) is 19.2 Å². The molecule has 28 heavy (non-hydrogen) atoms. The van der Waals surface area contributed by atoms with Crippen LogP contribution in [0.2, 0.25) is 0 Å². The van der Waals surface area contributed by atoms with E-state index in [1.807, 2.05) is 0 Å². The van der Waals surface area contributed by atoms with Crippen LogP contribution in [0.5, 0.6) is 0 Å². The third-order valence-electron chi connectivity index (χ3n) is 5.46. The van der Waals surface area contributed by atoms with Gasteiger partial charge in [-0.05, 0) is 19.3 Å². The van der Waals surface area contributed by atoms with Crippen molar-refractivity contribution in [3.8, 4) is 0 Å². The van der Waals surface area contributed by atoms with Crippen LogP contribution in [0, 0.1) is 0 Å². The minimum atomic E-state index is -0.710. The first-order valence-corrected chi connectivity index (χ1v) is 9.32. The molecule has 0 N–H and O–H groups in total. The number of piperidine rings is 1. The van der Waals surface area contributed by atoms with Gasteiger partial charge in [-0.3, -0.25) is 9.59 Å². The molecule has 1 atom stereocenters. The highest BCUT2D eigenvalue weighted by Gasteiger charge is 2.46. The Morgan fingerprint density at radius 3 is 2.54 bits per heavy atom. The van der Waals surface area contributed by atoms with E-state index in [1.54, 1.807) is 7.05 Å². The summed E-state index contributed by atoms with van der Waals surface area (Å²) >= 11 is 0. The normalized spacial score (nSPS) is 23.8. The number of hydrogen-bond donors (Lipinski definition) is 0. The molecule has 1 spiro atoms. The summed E-state index contributed by atoms with van der Waals surface area (Å²) in [6.45, 7) is 4.84. The van der Waals surface area contributed by atoms with Crippen molar-refractivity contribution in [1.82, 2.24) is 14.9 Å². The molecule has 1 unspecified atom stereocenters. The van der Waals surface area contributed by atoms with Gasteiger partial charge in [0.15, 0.2) is 0 Å². The van der Waals surface area contributed by atoms with Crippen molar-refractivity contribution in [1.29, 1.82) is 0 Å². The van der Waals surface area contributed by atoms with E-state index >= 15 is 0 Å². The third kappa shape index (κ3) is 4.11. The summed E-state index contributed by atoms with van der Waals surface area (Å²) in [6, 6.07) is -0.101. The number of amides is 4. The minimum Gasteiger partial charge on any atom is -0.445 e. The molecule has 0 aromatic heterocycles. The van der Waals surface area contributed by atoms with Gasteiger partial charge in [-0.25, -0.2) is 9.59 Å². The maximum atomic E-state index is 12.3. The fourth-order valence-corrected chi connectivity index (χ4v) is 3.69. The van der Waals surface area contributed by atoms with Crippen LogP contribution < -0.4 is 0 Å². The molecule has 4 amide bonds. The number of ether oxygens (including phenoxy) is 2. The second-order valence-electron chi connectivity index (χ2n) is 7.25. The van der Waals surface area contributed by atoms with Crippen LogP contribution in [-0.4, -0.2) is 83.9 Å². The molecular weight excluding hydrogens is 370 g/mol. The molecule has 0 aliphatic carbocycles. The second-order valence-corrected chi connectivity index (χ2v) is 7.25. The summed E-state index contributed by atoms with van der Waals surface area (Å²) in [7, 11) is 1.68. The van der Waals surface area contributed by atoms with Gasteiger partial charge < -0.3 is 24.1 Å². The van der Waals surface area contributed by atoms with Crippen molar-refractivity contribution in [2.24, 2.45) is 0 Å². The standard InChI is InChI=1S/C18H25N3O7/c1-3-10-26-16(24)19(2)13-11-18(27-12-13)6-8-20(9-7-18)17(25)28-21-14(22)4-5-15(21)23/h3,13H,1,4-12H2,2H3. The summed E-state index contributed by atoms with van der Waals surface area (Å²) in [5, 5.41) is 0.554. The fraction of sp³-hybridized carbons (Fsp3) is 0.667. The van der Waals surface area contributed by atoms with Gasteiger partial charge in [0.2, 0.25) is 0 Å². The zero-order valence-corrected chi connectivity index (χ0v) is 15.9. The van der Waals surface area contributed by atoms with Crippen LogP contribution in [0.4, 0.5) is 9.59 Å². The average molecular weight is 395 g/mol. The number of carbonyl (C=O) groups excluding carboxylic acids is 4. The lowest BCUT2D eigenvalue weighted by atomic mass is 9.87. The highest BCUT2D eigenvalue weighted by molar-refractivity contribution is 6.01. The van der Waals surface area contributed by atoms with E-state index in [2.05, 4.69) is 6.58 Å². The lowest BCUT2D eigenvalue weighted by Crippen LogP contribution is -2.49. The van der Waals surface area contributed by atoms with Crippen molar-refractivity contribution in [3.05, 3.63) is 12.7 Å². The fourth-order valence-electron chi connectivity index (χ4n) is 3.69. The van der Waals surface area contributed by atoms with Crippen LogP contribution in [0.1, 0.15) is 32.1 Å². The average Bonchev–Trinajstić information content (AvgIpc) is 3.24. The Morgan fingerprint density at radius 1 is 1.29 bits per heavy atom. The number of nitrogens with zero attached hydrogens (tertiary/aromatic N) is 3. The minimum absolute atomic E-state index is 0.0627. The highest BCUT2D eigenvalue weighted by atomic mass is 16.7. The van der Waals surface area contributed by atoms with E-state index in [-0.39, 0.29) is 25.5 Å². The zero-order chi connectivity index (χ0) is 20.3. The first kappa shape index (κ1) is 20.1. The van der Waals surface area contributed by atoms with Crippen molar-refractivity contribution in [2.45, 2.75) is 43.7 Å². The summed E-state index contributed by atoms with van der Waals surface area (Å²) in [6.07, 6.45) is 2.31. The molecule has 0 aromatic rings. The van der Waals surface area contributed by atoms with Crippen LogP contribution in [0.3, 0.4) is 0 Å². The van der Waals surface area contributed by atoms with E-state index in [0.717, 1.165) is 0 Å². The quantitative estimate of drug-likeness (QED) is 0.518. The third-order valence-corrected chi connectivity index (χ3v) is 5.46. The molecule has 3 aliphatic heterocycles. The Morgan fingerprint density at radius 2 is 1.93 bits per heavy atom. The number of hydrogen-bond acceptors (Lipinski definition) is 7. The Bertz CT molecular complexity index is 656. The lowest BCUT2D eigenvalue weighted by molar-refractivity contribution is -0.174. The van der Waals surface area contributed by atoms with E-state index in [0.29, 0.717) is 44.0 Å². The second kappa shape index (κ2) is 8.17. The van der Waals surface area contributed by atoms with Gasteiger partial charge in [0.05, 0.1) is 18.2 Å². The van der Waals surface area contributed by atoms with Gasteiger partial charge in [0, 0.05) is 33.0 Å². The predicted octanol–water partition coefficient (Wildman–Crippen LogP) is 1.06. The van der Waals surface area contributed by atoms with E-state index in [1.165, 1.54) is 15.9 Å². The molecule has 3 saturated heterocycles.